The quantitative estimate of drug-likeness (QED) is 0.516. The molecule has 0 bridgehead atoms. The average Bonchev–Trinajstić information content (AvgIpc) is 2.72. The third-order valence-electron chi connectivity index (χ3n) is 5.06. The van der Waals surface area contributed by atoms with Crippen molar-refractivity contribution in [2.24, 2.45) is 0 Å². The number of hydrogen-bond donors (Lipinski definition) is 2. The van der Waals surface area contributed by atoms with Crippen molar-refractivity contribution in [1.82, 2.24) is 5.32 Å². The first-order valence-corrected chi connectivity index (χ1v) is 10.0. The molecule has 0 saturated heterocycles. The molecule has 1 aliphatic carbocycles. The minimum Gasteiger partial charge on any atom is -0.360 e. The molecule has 1 atom stereocenters. The van der Waals surface area contributed by atoms with E-state index >= 15 is 0 Å². The van der Waals surface area contributed by atoms with Crippen LogP contribution in [0, 0.1) is 11.3 Å². The Labute approximate surface area is 171 Å². The van der Waals surface area contributed by atoms with Gasteiger partial charge >= 0.3 is 0 Å². The van der Waals surface area contributed by atoms with Crippen LogP contribution in [0.25, 0.3) is 0 Å². The van der Waals surface area contributed by atoms with Crippen molar-refractivity contribution in [3.8, 4) is 6.07 Å². The number of hydrogen-bond acceptors (Lipinski definition) is 3. The van der Waals surface area contributed by atoms with E-state index in [2.05, 4.69) is 28.8 Å². The molecule has 2 N–H and O–H groups in total. The number of nitrogens with zero attached hydrogens (tertiary/aromatic N) is 1. The highest BCUT2D eigenvalue weighted by Gasteiger charge is 2.18. The molecule has 2 aromatic carbocycles. The van der Waals surface area contributed by atoms with Gasteiger partial charge in [-0.1, -0.05) is 42.8 Å². The number of fused-ring (bicyclic) bond motifs is 1. The molecule has 1 amide bonds. The van der Waals surface area contributed by atoms with E-state index in [0.717, 1.165) is 30.5 Å². The summed E-state index contributed by atoms with van der Waals surface area (Å²) in [6.45, 7) is 2.03. The number of anilines is 1. The Hall–Kier alpha value is -2.77. The number of aryl methyl sites for hydroxylation is 2. The predicted octanol–water partition coefficient (Wildman–Crippen LogP) is 5.31. The molecule has 1 unspecified atom stereocenters. The van der Waals surface area contributed by atoms with Crippen molar-refractivity contribution >= 4 is 23.2 Å². The minimum absolute atomic E-state index is 0.0244. The van der Waals surface area contributed by atoms with E-state index in [-0.39, 0.29) is 17.5 Å². The number of nitrogens with one attached hydrogen (secondary N) is 2. The Bertz CT molecular complexity index is 930. The third-order valence-corrected chi connectivity index (χ3v) is 5.30. The van der Waals surface area contributed by atoms with Crippen molar-refractivity contribution < 1.29 is 4.79 Å². The van der Waals surface area contributed by atoms with Gasteiger partial charge in [-0.05, 0) is 67.0 Å². The maximum Gasteiger partial charge on any atom is 0.263 e. The molecule has 1 aliphatic rings. The SMILES string of the molecule is CCC(NC(=O)/C(C#N)=C\Nc1cccc(Cl)c1)c1ccc2c(c1)CCCC2. The number of nitriles is 1. The predicted molar refractivity (Wildman–Crippen MR) is 113 cm³/mol. The first kappa shape index (κ1) is 20.0. The number of carbonyl (C=O) groups excluding carboxylic acids is 1. The standard InChI is InChI=1S/C23H24ClN3O/c1-2-22(18-11-10-16-6-3-4-7-17(16)12-18)27-23(28)19(14-25)15-26-21-9-5-8-20(24)13-21/h5,8-13,15,22,26H,2-4,6-7H2,1H3,(H,27,28)/b19-15-. The van der Waals surface area contributed by atoms with Gasteiger partial charge in [-0.3, -0.25) is 4.79 Å². The molecule has 0 spiro atoms. The zero-order valence-corrected chi connectivity index (χ0v) is 16.7. The maximum absolute atomic E-state index is 12.6. The van der Waals surface area contributed by atoms with Crippen molar-refractivity contribution in [1.29, 1.82) is 5.26 Å². The highest BCUT2D eigenvalue weighted by molar-refractivity contribution is 6.30. The summed E-state index contributed by atoms with van der Waals surface area (Å²) in [4.78, 5) is 12.6. The monoisotopic (exact) mass is 393 g/mol. The Kier molecular flexibility index (Phi) is 6.73. The molecule has 28 heavy (non-hydrogen) atoms. The number of halogens is 1. The van der Waals surface area contributed by atoms with Gasteiger partial charge in [0.05, 0.1) is 6.04 Å². The van der Waals surface area contributed by atoms with Gasteiger partial charge in [-0.25, -0.2) is 0 Å². The number of benzene rings is 2. The van der Waals surface area contributed by atoms with Gasteiger partial charge in [0, 0.05) is 16.9 Å². The van der Waals surface area contributed by atoms with E-state index in [0.29, 0.717) is 5.02 Å². The van der Waals surface area contributed by atoms with E-state index in [9.17, 15) is 10.1 Å². The lowest BCUT2D eigenvalue weighted by molar-refractivity contribution is -0.117. The van der Waals surface area contributed by atoms with E-state index in [4.69, 9.17) is 11.6 Å². The summed E-state index contributed by atoms with van der Waals surface area (Å²) in [5, 5.41) is 15.9. The second-order valence-corrected chi connectivity index (χ2v) is 7.43. The summed E-state index contributed by atoms with van der Waals surface area (Å²) >= 11 is 5.96. The minimum atomic E-state index is -0.387. The van der Waals surface area contributed by atoms with Gasteiger partial charge in [0.15, 0.2) is 0 Å². The molecule has 0 heterocycles. The molecule has 3 rings (SSSR count). The van der Waals surface area contributed by atoms with Crippen LogP contribution in [0.2, 0.25) is 5.02 Å². The molecule has 2 aromatic rings. The van der Waals surface area contributed by atoms with Crippen molar-refractivity contribution in [3.63, 3.8) is 0 Å². The summed E-state index contributed by atoms with van der Waals surface area (Å²) in [6.07, 6.45) is 6.87. The molecule has 0 aliphatic heterocycles. The third kappa shape index (κ3) is 4.94. The second kappa shape index (κ2) is 9.43. The molecule has 0 saturated carbocycles. The van der Waals surface area contributed by atoms with Crippen LogP contribution in [0.5, 0.6) is 0 Å². The second-order valence-electron chi connectivity index (χ2n) is 6.99. The van der Waals surface area contributed by atoms with E-state index in [1.54, 1.807) is 18.2 Å². The Morgan fingerprint density at radius 1 is 1.21 bits per heavy atom. The van der Waals surface area contributed by atoms with Crippen LogP contribution in [-0.2, 0) is 17.6 Å². The van der Waals surface area contributed by atoms with Gasteiger partial charge in [0.25, 0.3) is 5.91 Å². The number of amides is 1. The van der Waals surface area contributed by atoms with Gasteiger partial charge in [0.2, 0.25) is 0 Å². The molecule has 5 heteroatoms. The Morgan fingerprint density at radius 2 is 2.00 bits per heavy atom. The fourth-order valence-electron chi connectivity index (χ4n) is 3.51. The van der Waals surface area contributed by atoms with Crippen LogP contribution in [-0.4, -0.2) is 5.91 Å². The molecule has 0 radical (unpaired) electrons. The molecular formula is C23H24ClN3O. The lowest BCUT2D eigenvalue weighted by atomic mass is 9.88. The largest absolute Gasteiger partial charge is 0.360 e. The summed E-state index contributed by atoms with van der Waals surface area (Å²) in [5.41, 5.74) is 4.64. The fourth-order valence-corrected chi connectivity index (χ4v) is 3.70. The van der Waals surface area contributed by atoms with E-state index in [1.807, 2.05) is 19.1 Å². The van der Waals surface area contributed by atoms with Crippen LogP contribution < -0.4 is 10.6 Å². The van der Waals surface area contributed by atoms with Crippen LogP contribution in [0.4, 0.5) is 5.69 Å². The van der Waals surface area contributed by atoms with Gasteiger partial charge in [-0.15, -0.1) is 0 Å². The highest BCUT2D eigenvalue weighted by atomic mass is 35.5. The Morgan fingerprint density at radius 3 is 2.71 bits per heavy atom. The molecule has 0 aromatic heterocycles. The van der Waals surface area contributed by atoms with Crippen molar-refractivity contribution in [3.05, 3.63) is 76.0 Å². The first-order valence-electron chi connectivity index (χ1n) is 9.65. The lowest BCUT2D eigenvalue weighted by Gasteiger charge is -2.21. The van der Waals surface area contributed by atoms with Crippen LogP contribution >= 0.6 is 11.6 Å². The number of rotatable bonds is 6. The van der Waals surface area contributed by atoms with Crippen molar-refractivity contribution in [2.75, 3.05) is 5.32 Å². The summed E-state index contributed by atoms with van der Waals surface area (Å²) in [6, 6.07) is 15.4. The zero-order chi connectivity index (χ0) is 19.9. The average molecular weight is 394 g/mol. The number of carbonyl (C=O) groups is 1. The normalized spacial score (nSPS) is 14.5. The molecule has 0 fully saturated rings. The van der Waals surface area contributed by atoms with Gasteiger partial charge in [0.1, 0.15) is 11.6 Å². The summed E-state index contributed by atoms with van der Waals surface area (Å²) in [7, 11) is 0. The van der Waals surface area contributed by atoms with E-state index < -0.39 is 0 Å². The maximum atomic E-state index is 12.6. The topological polar surface area (TPSA) is 64.9 Å². The highest BCUT2D eigenvalue weighted by Crippen LogP contribution is 2.26. The van der Waals surface area contributed by atoms with E-state index in [1.165, 1.54) is 30.2 Å². The zero-order valence-electron chi connectivity index (χ0n) is 16.0. The summed E-state index contributed by atoms with van der Waals surface area (Å²) < 4.78 is 0. The van der Waals surface area contributed by atoms with Crippen molar-refractivity contribution in [2.45, 2.75) is 45.1 Å². The van der Waals surface area contributed by atoms with Crippen LogP contribution in [0.15, 0.2) is 54.2 Å². The molecule has 4 nitrogen and oxygen atoms in total. The first-order chi connectivity index (χ1) is 13.6. The fraction of sp³-hybridized carbons (Fsp3) is 0.304. The summed E-state index contributed by atoms with van der Waals surface area (Å²) in [5.74, 6) is -0.387. The van der Waals surface area contributed by atoms with Gasteiger partial charge < -0.3 is 10.6 Å². The molecule has 144 valence electrons. The Balaban J connectivity index is 1.71. The van der Waals surface area contributed by atoms with Crippen LogP contribution in [0.3, 0.4) is 0 Å². The van der Waals surface area contributed by atoms with Crippen LogP contribution in [0.1, 0.15) is 48.9 Å². The lowest BCUT2D eigenvalue weighted by Crippen LogP contribution is -2.29. The smallest absolute Gasteiger partial charge is 0.263 e. The molecular weight excluding hydrogens is 370 g/mol. The van der Waals surface area contributed by atoms with Gasteiger partial charge in [-0.2, -0.15) is 5.26 Å².